The van der Waals surface area contributed by atoms with E-state index < -0.39 is 15.7 Å². The second kappa shape index (κ2) is 7.91. The van der Waals surface area contributed by atoms with Crippen LogP contribution in [0.3, 0.4) is 0 Å². The summed E-state index contributed by atoms with van der Waals surface area (Å²) in [4.78, 5) is 14.4. The number of nitrogens with one attached hydrogen (secondary N) is 1. The highest BCUT2D eigenvalue weighted by Gasteiger charge is 2.38. The second-order valence-electron chi connectivity index (χ2n) is 6.93. The third-order valence-electron chi connectivity index (χ3n) is 4.37. The summed E-state index contributed by atoms with van der Waals surface area (Å²) in [6, 6.07) is 11.5. The molecular weight excluding hydrogens is 423 g/mol. The molecule has 0 aliphatic carbocycles. The van der Waals surface area contributed by atoms with E-state index in [1.807, 2.05) is 38.1 Å². The molecule has 0 unspecified atom stereocenters. The Balaban J connectivity index is 1.66. The normalized spacial score (nSPS) is 15.9. The van der Waals surface area contributed by atoms with Crippen LogP contribution in [0.4, 0.5) is 11.4 Å². The molecule has 0 spiro atoms. The average Bonchev–Trinajstić information content (AvgIpc) is 2.63. The number of fused-ring (bicyclic) bond motifs is 1. The van der Waals surface area contributed by atoms with Gasteiger partial charge in [-0.1, -0.05) is 35.3 Å². The van der Waals surface area contributed by atoms with E-state index in [9.17, 15) is 13.2 Å². The summed E-state index contributed by atoms with van der Waals surface area (Å²) in [6.45, 7) is 3.88. The minimum absolute atomic E-state index is 0.0633. The van der Waals surface area contributed by atoms with Crippen LogP contribution in [0.15, 0.2) is 47.4 Å². The Morgan fingerprint density at radius 2 is 1.82 bits per heavy atom. The Bertz CT molecular complexity index is 1010. The molecule has 0 saturated heterocycles. The van der Waals surface area contributed by atoms with Crippen LogP contribution in [-0.2, 0) is 19.1 Å². The SMILES string of the molecule is CC1(C)Nc2ccccc2N(CCCOS(=O)(=O)c2ccc(Cl)c(Cl)c2)C1=O. The monoisotopic (exact) mass is 442 g/mol. The topological polar surface area (TPSA) is 75.7 Å². The van der Waals surface area contributed by atoms with Crippen molar-refractivity contribution < 1.29 is 17.4 Å². The maximum Gasteiger partial charge on any atom is 0.297 e. The number of para-hydroxylation sites is 2. The van der Waals surface area contributed by atoms with Gasteiger partial charge in [0.05, 0.1) is 32.9 Å². The van der Waals surface area contributed by atoms with Crippen LogP contribution in [0.2, 0.25) is 10.0 Å². The van der Waals surface area contributed by atoms with Gasteiger partial charge in [0.25, 0.3) is 16.0 Å². The van der Waals surface area contributed by atoms with E-state index in [-0.39, 0.29) is 27.5 Å². The molecule has 0 fully saturated rings. The van der Waals surface area contributed by atoms with Crippen LogP contribution in [0.1, 0.15) is 20.3 Å². The fraction of sp³-hybridized carbons (Fsp3) is 0.316. The van der Waals surface area contributed by atoms with Gasteiger partial charge in [0, 0.05) is 6.54 Å². The van der Waals surface area contributed by atoms with Gasteiger partial charge in [-0.05, 0) is 50.6 Å². The lowest BCUT2D eigenvalue weighted by Gasteiger charge is -2.40. The molecule has 28 heavy (non-hydrogen) atoms. The average molecular weight is 443 g/mol. The molecule has 0 bridgehead atoms. The molecule has 0 atom stereocenters. The Morgan fingerprint density at radius 1 is 1.11 bits per heavy atom. The molecule has 2 aromatic carbocycles. The number of anilines is 2. The number of hydrogen-bond donors (Lipinski definition) is 1. The molecule has 0 radical (unpaired) electrons. The highest BCUT2D eigenvalue weighted by Crippen LogP contribution is 2.35. The first kappa shape index (κ1) is 20.9. The van der Waals surface area contributed by atoms with E-state index in [2.05, 4.69) is 5.32 Å². The summed E-state index contributed by atoms with van der Waals surface area (Å²) in [7, 11) is -3.96. The van der Waals surface area contributed by atoms with E-state index in [1.54, 1.807) is 4.90 Å². The fourth-order valence-corrected chi connectivity index (χ4v) is 4.30. The van der Waals surface area contributed by atoms with Crippen molar-refractivity contribution in [2.24, 2.45) is 0 Å². The lowest BCUT2D eigenvalue weighted by Crippen LogP contribution is -2.54. The smallest absolute Gasteiger partial charge is 0.297 e. The van der Waals surface area contributed by atoms with Crippen LogP contribution >= 0.6 is 23.2 Å². The highest BCUT2D eigenvalue weighted by molar-refractivity contribution is 7.86. The minimum Gasteiger partial charge on any atom is -0.370 e. The predicted molar refractivity (Wildman–Crippen MR) is 111 cm³/mol. The minimum atomic E-state index is -3.96. The number of hydrogen-bond acceptors (Lipinski definition) is 5. The van der Waals surface area contributed by atoms with Gasteiger partial charge in [-0.15, -0.1) is 0 Å². The van der Waals surface area contributed by atoms with E-state index >= 15 is 0 Å². The number of rotatable bonds is 6. The van der Waals surface area contributed by atoms with Crippen molar-refractivity contribution >= 4 is 50.6 Å². The Labute approximate surface area is 174 Å². The van der Waals surface area contributed by atoms with Gasteiger partial charge < -0.3 is 10.2 Å². The summed E-state index contributed by atoms with van der Waals surface area (Å²) in [5, 5.41) is 3.62. The van der Waals surface area contributed by atoms with Crippen molar-refractivity contribution in [2.75, 3.05) is 23.4 Å². The molecule has 1 amide bonds. The molecule has 0 saturated carbocycles. The zero-order valence-corrected chi connectivity index (χ0v) is 17.7. The van der Waals surface area contributed by atoms with Crippen molar-refractivity contribution in [2.45, 2.75) is 30.7 Å². The van der Waals surface area contributed by atoms with Gasteiger partial charge in [-0.3, -0.25) is 8.98 Å². The van der Waals surface area contributed by atoms with Gasteiger partial charge in [0.2, 0.25) is 0 Å². The van der Waals surface area contributed by atoms with Crippen molar-refractivity contribution in [3.8, 4) is 0 Å². The molecule has 3 rings (SSSR count). The highest BCUT2D eigenvalue weighted by atomic mass is 35.5. The molecular formula is C19H20Cl2N2O4S. The fourth-order valence-electron chi connectivity index (χ4n) is 2.97. The third-order valence-corrected chi connectivity index (χ3v) is 6.41. The number of nitrogens with zero attached hydrogens (tertiary/aromatic N) is 1. The lowest BCUT2D eigenvalue weighted by atomic mass is 9.98. The van der Waals surface area contributed by atoms with Gasteiger partial charge in [-0.2, -0.15) is 8.42 Å². The first-order valence-corrected chi connectivity index (χ1v) is 10.8. The summed E-state index contributed by atoms with van der Waals surface area (Å²) >= 11 is 11.7. The molecule has 6 nitrogen and oxygen atoms in total. The summed E-state index contributed by atoms with van der Waals surface area (Å²) in [6.07, 6.45) is 0.344. The second-order valence-corrected chi connectivity index (χ2v) is 9.36. The maximum atomic E-state index is 12.8. The van der Waals surface area contributed by atoms with E-state index in [0.717, 1.165) is 11.4 Å². The molecule has 1 aliphatic heterocycles. The molecule has 2 aromatic rings. The number of amides is 1. The van der Waals surface area contributed by atoms with Gasteiger partial charge in [0.15, 0.2) is 0 Å². The van der Waals surface area contributed by atoms with Crippen LogP contribution in [0, 0.1) is 0 Å². The van der Waals surface area contributed by atoms with Crippen LogP contribution in [0.5, 0.6) is 0 Å². The first-order valence-electron chi connectivity index (χ1n) is 8.65. The standard InChI is InChI=1S/C19H20Cl2N2O4S/c1-19(2)18(24)23(17-7-4-3-6-16(17)22-19)10-5-11-27-28(25,26)13-8-9-14(20)15(21)12-13/h3-4,6-9,12,22H,5,10-11H2,1-2H3. The zero-order valence-electron chi connectivity index (χ0n) is 15.4. The number of benzene rings is 2. The van der Waals surface area contributed by atoms with E-state index in [4.69, 9.17) is 27.4 Å². The molecule has 1 N–H and O–H groups in total. The molecule has 9 heteroatoms. The number of carbonyl (C=O) groups is 1. The van der Waals surface area contributed by atoms with Crippen molar-refractivity contribution in [1.82, 2.24) is 0 Å². The summed E-state index contributed by atoms with van der Waals surface area (Å²) < 4.78 is 29.7. The van der Waals surface area contributed by atoms with Crippen molar-refractivity contribution in [1.29, 1.82) is 0 Å². The summed E-state index contributed by atoms with van der Waals surface area (Å²) in [5.41, 5.74) is 0.872. The Kier molecular flexibility index (Phi) is 5.91. The van der Waals surface area contributed by atoms with Gasteiger partial charge in [0.1, 0.15) is 5.54 Å². The Morgan fingerprint density at radius 3 is 2.54 bits per heavy atom. The lowest BCUT2D eigenvalue weighted by molar-refractivity contribution is -0.122. The van der Waals surface area contributed by atoms with Crippen molar-refractivity contribution in [3.63, 3.8) is 0 Å². The molecule has 1 aliphatic rings. The van der Waals surface area contributed by atoms with Gasteiger partial charge >= 0.3 is 0 Å². The number of carbonyl (C=O) groups excluding carboxylic acids is 1. The number of halogens is 2. The third kappa shape index (κ3) is 4.27. The zero-order chi connectivity index (χ0) is 20.5. The van der Waals surface area contributed by atoms with Crippen molar-refractivity contribution in [3.05, 3.63) is 52.5 Å². The van der Waals surface area contributed by atoms with Crippen LogP contribution in [-0.4, -0.2) is 33.0 Å². The van der Waals surface area contributed by atoms with E-state index in [1.165, 1.54) is 18.2 Å². The molecule has 1 heterocycles. The van der Waals surface area contributed by atoms with E-state index in [0.29, 0.717) is 13.0 Å². The maximum absolute atomic E-state index is 12.8. The first-order chi connectivity index (χ1) is 13.1. The molecule has 0 aromatic heterocycles. The van der Waals surface area contributed by atoms with Crippen LogP contribution in [0.25, 0.3) is 0 Å². The van der Waals surface area contributed by atoms with Crippen LogP contribution < -0.4 is 10.2 Å². The van der Waals surface area contributed by atoms with Gasteiger partial charge in [-0.25, -0.2) is 0 Å². The summed E-state index contributed by atoms with van der Waals surface area (Å²) in [5.74, 6) is -0.0847. The predicted octanol–water partition coefficient (Wildman–Crippen LogP) is 4.33. The molecule has 150 valence electrons. The Hall–Kier alpha value is -1.80. The quantitative estimate of drug-likeness (QED) is 0.532. The largest absolute Gasteiger partial charge is 0.370 e.